The predicted octanol–water partition coefficient (Wildman–Crippen LogP) is 0.827. The van der Waals surface area contributed by atoms with Crippen LogP contribution in [-0.2, 0) is 16.0 Å². The van der Waals surface area contributed by atoms with Gasteiger partial charge in [0.05, 0.1) is 24.2 Å². The number of hydrogen-bond acceptors (Lipinski definition) is 5. The number of rotatable bonds is 6. The normalized spacial score (nSPS) is 17.7. The fourth-order valence-corrected chi connectivity index (χ4v) is 2.65. The molecule has 6 heteroatoms. The lowest BCUT2D eigenvalue weighted by atomic mass is 9.93. The number of aliphatic carboxylic acids is 1. The minimum Gasteiger partial charge on any atom is -0.481 e. The summed E-state index contributed by atoms with van der Waals surface area (Å²) < 4.78 is 5.74. The maximum Gasteiger partial charge on any atom is 0.306 e. The Balaban J connectivity index is 1.81. The van der Waals surface area contributed by atoms with E-state index in [-0.39, 0.29) is 6.42 Å². The summed E-state index contributed by atoms with van der Waals surface area (Å²) in [7, 11) is 0. The Labute approximate surface area is 104 Å². The van der Waals surface area contributed by atoms with Crippen LogP contribution in [0.3, 0.4) is 0 Å². The van der Waals surface area contributed by atoms with Crippen LogP contribution >= 0.6 is 11.3 Å². The van der Waals surface area contributed by atoms with Gasteiger partial charge in [-0.3, -0.25) is 4.79 Å². The molecule has 1 fully saturated rings. The highest BCUT2D eigenvalue weighted by Gasteiger charge is 2.40. The van der Waals surface area contributed by atoms with Crippen LogP contribution < -0.4 is 5.32 Å². The van der Waals surface area contributed by atoms with Crippen molar-refractivity contribution in [2.75, 3.05) is 19.7 Å². The van der Waals surface area contributed by atoms with E-state index >= 15 is 0 Å². The molecule has 1 saturated heterocycles. The van der Waals surface area contributed by atoms with Gasteiger partial charge in [-0.2, -0.15) is 0 Å². The van der Waals surface area contributed by atoms with Gasteiger partial charge in [-0.1, -0.05) is 0 Å². The monoisotopic (exact) mass is 256 g/mol. The van der Waals surface area contributed by atoms with Gasteiger partial charge in [0.2, 0.25) is 0 Å². The molecule has 5 nitrogen and oxygen atoms in total. The third kappa shape index (κ3) is 3.02. The van der Waals surface area contributed by atoms with E-state index in [2.05, 4.69) is 10.3 Å². The quantitative estimate of drug-likeness (QED) is 0.788. The van der Waals surface area contributed by atoms with Crippen LogP contribution in [0.4, 0.5) is 0 Å². The van der Waals surface area contributed by atoms with Gasteiger partial charge in [-0.15, -0.1) is 11.3 Å². The van der Waals surface area contributed by atoms with Crippen LogP contribution in [0.5, 0.6) is 0 Å². The van der Waals surface area contributed by atoms with Crippen molar-refractivity contribution in [2.24, 2.45) is 0 Å². The summed E-state index contributed by atoms with van der Waals surface area (Å²) in [6.45, 7) is 3.78. The van der Waals surface area contributed by atoms with Gasteiger partial charge in [0, 0.05) is 24.4 Å². The van der Waals surface area contributed by atoms with E-state index in [0.29, 0.717) is 19.7 Å². The van der Waals surface area contributed by atoms with Crippen LogP contribution in [0, 0.1) is 6.92 Å². The van der Waals surface area contributed by atoms with E-state index in [1.165, 1.54) is 4.88 Å². The zero-order valence-corrected chi connectivity index (χ0v) is 10.5. The molecule has 1 aromatic heterocycles. The van der Waals surface area contributed by atoms with Crippen LogP contribution in [0.1, 0.15) is 17.0 Å². The molecule has 2 N–H and O–H groups in total. The van der Waals surface area contributed by atoms with Crippen molar-refractivity contribution in [3.8, 4) is 0 Å². The molecule has 0 aliphatic carbocycles. The van der Waals surface area contributed by atoms with E-state index in [1.54, 1.807) is 11.3 Å². The first kappa shape index (κ1) is 12.5. The van der Waals surface area contributed by atoms with E-state index in [9.17, 15) is 4.79 Å². The molecule has 0 amide bonds. The van der Waals surface area contributed by atoms with Gasteiger partial charge in [0.1, 0.15) is 5.60 Å². The molecule has 1 aliphatic heterocycles. The number of carboxylic acids is 1. The molecule has 94 valence electrons. The SMILES string of the molecule is Cc1ncsc1CCOC1(CC(=O)O)CNC1. The summed E-state index contributed by atoms with van der Waals surface area (Å²) in [5, 5.41) is 11.9. The van der Waals surface area contributed by atoms with E-state index in [1.807, 2.05) is 12.4 Å². The first-order chi connectivity index (χ1) is 8.11. The molecule has 0 saturated carbocycles. The Kier molecular flexibility index (Phi) is 3.76. The van der Waals surface area contributed by atoms with E-state index in [0.717, 1.165) is 12.1 Å². The van der Waals surface area contributed by atoms with Gasteiger partial charge in [0.15, 0.2) is 0 Å². The smallest absolute Gasteiger partial charge is 0.306 e. The Morgan fingerprint density at radius 3 is 2.94 bits per heavy atom. The Bertz CT molecular complexity index is 401. The minimum atomic E-state index is -0.805. The highest BCUT2D eigenvalue weighted by Crippen LogP contribution is 2.22. The number of ether oxygens (including phenoxy) is 1. The van der Waals surface area contributed by atoms with Gasteiger partial charge < -0.3 is 15.2 Å². The molecule has 0 atom stereocenters. The third-order valence-electron chi connectivity index (χ3n) is 2.95. The summed E-state index contributed by atoms with van der Waals surface area (Å²) in [5.74, 6) is -0.805. The molecule has 1 aliphatic rings. The first-order valence-electron chi connectivity index (χ1n) is 5.57. The summed E-state index contributed by atoms with van der Waals surface area (Å²) >= 11 is 1.62. The lowest BCUT2D eigenvalue weighted by Gasteiger charge is -2.41. The average molecular weight is 256 g/mol. The molecule has 0 bridgehead atoms. The molecule has 2 heterocycles. The lowest BCUT2D eigenvalue weighted by molar-refractivity contribution is -0.150. The fraction of sp³-hybridized carbons (Fsp3) is 0.636. The average Bonchev–Trinajstić information content (AvgIpc) is 2.60. The van der Waals surface area contributed by atoms with Crippen LogP contribution in [-0.4, -0.2) is 41.4 Å². The summed E-state index contributed by atoms with van der Waals surface area (Å²) in [5.41, 5.74) is 2.37. The van der Waals surface area contributed by atoms with Crippen molar-refractivity contribution in [3.63, 3.8) is 0 Å². The number of thiazole rings is 1. The van der Waals surface area contributed by atoms with Gasteiger partial charge in [-0.25, -0.2) is 4.98 Å². The van der Waals surface area contributed by atoms with Gasteiger partial charge in [-0.05, 0) is 6.92 Å². The van der Waals surface area contributed by atoms with Crippen LogP contribution in [0.15, 0.2) is 5.51 Å². The zero-order valence-electron chi connectivity index (χ0n) is 9.73. The van der Waals surface area contributed by atoms with Crippen molar-refractivity contribution in [3.05, 3.63) is 16.1 Å². The molecule has 0 radical (unpaired) electrons. The summed E-state index contributed by atoms with van der Waals surface area (Å²) in [6.07, 6.45) is 0.875. The molecule has 17 heavy (non-hydrogen) atoms. The fourth-order valence-electron chi connectivity index (χ4n) is 1.88. The molecule has 0 unspecified atom stereocenters. The molecule has 1 aromatic rings. The minimum absolute atomic E-state index is 0.0711. The molecular weight excluding hydrogens is 240 g/mol. The Morgan fingerprint density at radius 2 is 2.47 bits per heavy atom. The topological polar surface area (TPSA) is 71.5 Å². The molecule has 0 spiro atoms. The second kappa shape index (κ2) is 5.12. The maximum atomic E-state index is 10.7. The van der Waals surface area contributed by atoms with Crippen molar-refractivity contribution >= 4 is 17.3 Å². The van der Waals surface area contributed by atoms with E-state index < -0.39 is 11.6 Å². The Hall–Kier alpha value is -0.980. The van der Waals surface area contributed by atoms with Gasteiger partial charge in [0.25, 0.3) is 0 Å². The Morgan fingerprint density at radius 1 is 1.71 bits per heavy atom. The third-order valence-corrected chi connectivity index (χ3v) is 3.94. The molecular formula is C11H16N2O3S. The number of hydrogen-bond donors (Lipinski definition) is 2. The van der Waals surface area contributed by atoms with Crippen molar-refractivity contribution in [1.82, 2.24) is 10.3 Å². The highest BCUT2D eigenvalue weighted by molar-refractivity contribution is 7.09. The van der Waals surface area contributed by atoms with Crippen LogP contribution in [0.25, 0.3) is 0 Å². The largest absolute Gasteiger partial charge is 0.481 e. The van der Waals surface area contributed by atoms with Crippen molar-refractivity contribution in [2.45, 2.75) is 25.4 Å². The number of carboxylic acid groups (broad SMARTS) is 1. The summed E-state index contributed by atoms with van der Waals surface area (Å²) in [6, 6.07) is 0. The standard InChI is InChI=1S/C11H16N2O3S/c1-8-9(17-7-13-8)2-3-16-11(4-10(14)15)5-12-6-11/h7,12H,2-6H2,1H3,(H,14,15). The van der Waals surface area contributed by atoms with Crippen molar-refractivity contribution < 1.29 is 14.6 Å². The maximum absolute atomic E-state index is 10.7. The van der Waals surface area contributed by atoms with Crippen LogP contribution in [0.2, 0.25) is 0 Å². The number of aromatic nitrogens is 1. The van der Waals surface area contributed by atoms with Gasteiger partial charge >= 0.3 is 5.97 Å². The highest BCUT2D eigenvalue weighted by atomic mass is 32.1. The summed E-state index contributed by atoms with van der Waals surface area (Å²) in [4.78, 5) is 16.1. The molecule has 2 rings (SSSR count). The number of aryl methyl sites for hydroxylation is 1. The van der Waals surface area contributed by atoms with E-state index in [4.69, 9.17) is 9.84 Å². The second-order valence-corrected chi connectivity index (χ2v) is 5.26. The second-order valence-electron chi connectivity index (χ2n) is 4.32. The first-order valence-corrected chi connectivity index (χ1v) is 6.45. The zero-order chi connectivity index (χ0) is 12.3. The van der Waals surface area contributed by atoms with Crippen molar-refractivity contribution in [1.29, 1.82) is 0 Å². The molecule has 0 aromatic carbocycles. The number of nitrogens with zero attached hydrogens (tertiary/aromatic N) is 1. The number of carbonyl (C=O) groups is 1. The number of nitrogens with one attached hydrogen (secondary N) is 1. The predicted molar refractivity (Wildman–Crippen MR) is 64.4 cm³/mol. The lowest BCUT2D eigenvalue weighted by Crippen LogP contribution is -2.62.